The predicted molar refractivity (Wildman–Crippen MR) is 92.9 cm³/mol. The molecule has 0 aromatic heterocycles. The number of non-ortho nitro benzene ring substituents is 1. The van der Waals surface area contributed by atoms with Gasteiger partial charge >= 0.3 is 0 Å². The van der Waals surface area contributed by atoms with E-state index < -0.39 is 16.6 Å². The molecule has 0 radical (unpaired) electrons. The summed E-state index contributed by atoms with van der Waals surface area (Å²) in [6.07, 6.45) is 2.62. The van der Waals surface area contributed by atoms with Crippen LogP contribution in [0.4, 0.5) is 15.8 Å². The van der Waals surface area contributed by atoms with Crippen LogP contribution < -0.4 is 10.6 Å². The molecule has 2 aromatic rings. The summed E-state index contributed by atoms with van der Waals surface area (Å²) in [6.45, 7) is 0. The average Bonchev–Trinajstić information content (AvgIpc) is 2.53. The first-order valence-corrected chi connectivity index (χ1v) is 7.15. The van der Waals surface area contributed by atoms with E-state index in [1.165, 1.54) is 48.6 Å². The SMILES string of the molecule is O=C(/C=C/c1cccc([N+](=O)[O-])c1)NC(=S)Nc1cccc(F)c1. The standard InChI is InChI=1S/C16H12FN3O3S/c17-12-4-2-5-13(10-12)18-16(24)19-15(21)8-7-11-3-1-6-14(9-11)20(22)23/h1-10H,(H2,18,19,21,24)/b8-7+. The number of amides is 1. The summed E-state index contributed by atoms with van der Waals surface area (Å²) in [7, 11) is 0. The van der Waals surface area contributed by atoms with E-state index in [4.69, 9.17) is 12.2 Å². The van der Waals surface area contributed by atoms with E-state index in [2.05, 4.69) is 10.6 Å². The lowest BCUT2D eigenvalue weighted by Gasteiger charge is -2.07. The molecule has 0 heterocycles. The van der Waals surface area contributed by atoms with Crippen molar-refractivity contribution in [3.8, 4) is 0 Å². The van der Waals surface area contributed by atoms with Crippen molar-refractivity contribution in [1.82, 2.24) is 5.32 Å². The molecule has 0 fully saturated rings. The second-order valence-electron chi connectivity index (χ2n) is 4.64. The number of nitro groups is 1. The van der Waals surface area contributed by atoms with Crippen molar-refractivity contribution >= 4 is 40.7 Å². The van der Waals surface area contributed by atoms with Crippen molar-refractivity contribution in [1.29, 1.82) is 0 Å². The Bertz CT molecular complexity index is 824. The lowest BCUT2D eigenvalue weighted by Crippen LogP contribution is -2.32. The van der Waals surface area contributed by atoms with Crippen LogP contribution in [0.1, 0.15) is 5.56 Å². The quantitative estimate of drug-likeness (QED) is 0.385. The van der Waals surface area contributed by atoms with Crippen molar-refractivity contribution in [2.75, 3.05) is 5.32 Å². The van der Waals surface area contributed by atoms with E-state index in [1.807, 2.05) is 0 Å². The number of nitrogens with zero attached hydrogens (tertiary/aromatic N) is 1. The molecule has 0 unspecified atom stereocenters. The molecular formula is C16H12FN3O3S. The highest BCUT2D eigenvalue weighted by Crippen LogP contribution is 2.14. The van der Waals surface area contributed by atoms with Gasteiger partial charge in [-0.1, -0.05) is 18.2 Å². The van der Waals surface area contributed by atoms with Gasteiger partial charge in [-0.05, 0) is 42.1 Å². The third-order valence-electron chi connectivity index (χ3n) is 2.83. The van der Waals surface area contributed by atoms with Crippen LogP contribution in [0.25, 0.3) is 6.08 Å². The van der Waals surface area contributed by atoms with Crippen molar-refractivity contribution < 1.29 is 14.1 Å². The topological polar surface area (TPSA) is 84.3 Å². The molecule has 2 aromatic carbocycles. The van der Waals surface area contributed by atoms with Gasteiger partial charge in [0, 0.05) is 23.9 Å². The number of thiocarbonyl (C=S) groups is 1. The molecule has 2 rings (SSSR count). The highest BCUT2D eigenvalue weighted by molar-refractivity contribution is 7.80. The number of anilines is 1. The Morgan fingerprint density at radius 1 is 1.21 bits per heavy atom. The Morgan fingerprint density at radius 3 is 2.67 bits per heavy atom. The first-order chi connectivity index (χ1) is 11.4. The minimum Gasteiger partial charge on any atom is -0.332 e. The van der Waals surface area contributed by atoms with Gasteiger partial charge < -0.3 is 5.32 Å². The predicted octanol–water partition coefficient (Wildman–Crippen LogP) is 3.26. The van der Waals surface area contributed by atoms with Crippen LogP contribution >= 0.6 is 12.2 Å². The number of halogens is 1. The summed E-state index contributed by atoms with van der Waals surface area (Å²) in [5, 5.41) is 15.8. The van der Waals surface area contributed by atoms with Gasteiger partial charge in [0.05, 0.1) is 4.92 Å². The van der Waals surface area contributed by atoms with E-state index in [0.29, 0.717) is 11.3 Å². The monoisotopic (exact) mass is 345 g/mol. The van der Waals surface area contributed by atoms with Crippen LogP contribution in [0.2, 0.25) is 0 Å². The molecule has 0 spiro atoms. The number of rotatable bonds is 4. The molecule has 0 bridgehead atoms. The maximum atomic E-state index is 13.0. The van der Waals surface area contributed by atoms with Crippen molar-refractivity contribution in [3.63, 3.8) is 0 Å². The van der Waals surface area contributed by atoms with Gasteiger partial charge in [0.2, 0.25) is 5.91 Å². The molecule has 24 heavy (non-hydrogen) atoms. The zero-order chi connectivity index (χ0) is 17.5. The zero-order valence-corrected chi connectivity index (χ0v) is 13.0. The smallest absolute Gasteiger partial charge is 0.270 e. The van der Waals surface area contributed by atoms with Gasteiger partial charge in [0.15, 0.2) is 5.11 Å². The largest absolute Gasteiger partial charge is 0.332 e. The second-order valence-corrected chi connectivity index (χ2v) is 5.05. The normalized spacial score (nSPS) is 10.4. The molecule has 0 aliphatic rings. The van der Waals surface area contributed by atoms with Crippen molar-refractivity contribution in [2.24, 2.45) is 0 Å². The van der Waals surface area contributed by atoms with Crippen LogP contribution in [0.3, 0.4) is 0 Å². The molecule has 122 valence electrons. The Hall–Kier alpha value is -3.13. The van der Waals surface area contributed by atoms with Crippen LogP contribution in [0, 0.1) is 15.9 Å². The first kappa shape index (κ1) is 17.2. The fourth-order valence-electron chi connectivity index (χ4n) is 1.80. The summed E-state index contributed by atoms with van der Waals surface area (Å²) in [5.74, 6) is -0.949. The van der Waals surface area contributed by atoms with Crippen LogP contribution in [-0.4, -0.2) is 15.9 Å². The van der Waals surface area contributed by atoms with Gasteiger partial charge in [0.1, 0.15) is 5.82 Å². The average molecular weight is 345 g/mol. The van der Waals surface area contributed by atoms with Crippen LogP contribution in [0.5, 0.6) is 0 Å². The lowest BCUT2D eigenvalue weighted by molar-refractivity contribution is -0.384. The molecule has 1 amide bonds. The van der Waals surface area contributed by atoms with Crippen molar-refractivity contribution in [2.45, 2.75) is 0 Å². The van der Waals surface area contributed by atoms with E-state index in [0.717, 1.165) is 0 Å². The first-order valence-electron chi connectivity index (χ1n) is 6.74. The molecule has 0 atom stereocenters. The maximum Gasteiger partial charge on any atom is 0.270 e. The van der Waals surface area contributed by atoms with Crippen LogP contribution in [-0.2, 0) is 4.79 Å². The number of benzene rings is 2. The molecule has 0 saturated heterocycles. The summed E-state index contributed by atoms with van der Waals surface area (Å²) >= 11 is 4.95. The van der Waals surface area contributed by atoms with E-state index in [9.17, 15) is 19.3 Å². The molecule has 0 aliphatic heterocycles. The number of hydrogen-bond acceptors (Lipinski definition) is 4. The molecule has 0 saturated carbocycles. The van der Waals surface area contributed by atoms with Gasteiger partial charge in [-0.15, -0.1) is 0 Å². The molecular weight excluding hydrogens is 333 g/mol. The van der Waals surface area contributed by atoms with E-state index in [1.54, 1.807) is 12.1 Å². The number of carbonyl (C=O) groups is 1. The number of nitrogens with one attached hydrogen (secondary N) is 2. The Morgan fingerprint density at radius 2 is 1.96 bits per heavy atom. The minimum atomic E-state index is -0.518. The second kappa shape index (κ2) is 7.93. The molecule has 2 N–H and O–H groups in total. The van der Waals surface area contributed by atoms with Crippen molar-refractivity contribution in [3.05, 3.63) is 76.1 Å². The Labute approximate surface area is 142 Å². The maximum absolute atomic E-state index is 13.0. The van der Waals surface area contributed by atoms with Gasteiger partial charge in [-0.3, -0.25) is 20.2 Å². The van der Waals surface area contributed by atoms with Gasteiger partial charge in [0.25, 0.3) is 5.69 Å². The molecule has 8 heteroatoms. The fraction of sp³-hybridized carbons (Fsp3) is 0. The van der Waals surface area contributed by atoms with E-state index in [-0.39, 0.29) is 10.8 Å². The summed E-state index contributed by atoms with van der Waals surface area (Å²) < 4.78 is 13.0. The van der Waals surface area contributed by atoms with Gasteiger partial charge in [-0.25, -0.2) is 4.39 Å². The fourth-order valence-corrected chi connectivity index (χ4v) is 2.01. The Kier molecular flexibility index (Phi) is 5.69. The van der Waals surface area contributed by atoms with Crippen LogP contribution in [0.15, 0.2) is 54.6 Å². The summed E-state index contributed by atoms with van der Waals surface area (Å²) in [5.41, 5.74) is 0.840. The van der Waals surface area contributed by atoms with Gasteiger partial charge in [-0.2, -0.15) is 0 Å². The summed E-state index contributed by atoms with van der Waals surface area (Å²) in [4.78, 5) is 21.9. The molecule has 6 nitrogen and oxygen atoms in total. The lowest BCUT2D eigenvalue weighted by atomic mass is 10.2. The minimum absolute atomic E-state index is 0.00860. The number of carbonyl (C=O) groups excluding carboxylic acids is 1. The third kappa shape index (κ3) is 5.25. The Balaban J connectivity index is 1.93. The number of nitro benzene ring substituents is 1. The zero-order valence-electron chi connectivity index (χ0n) is 12.2. The summed E-state index contributed by atoms with van der Waals surface area (Å²) in [6, 6.07) is 11.5. The third-order valence-corrected chi connectivity index (χ3v) is 3.03. The highest BCUT2D eigenvalue weighted by atomic mass is 32.1. The number of hydrogen-bond donors (Lipinski definition) is 2. The highest BCUT2D eigenvalue weighted by Gasteiger charge is 2.05. The molecule has 0 aliphatic carbocycles. The van der Waals surface area contributed by atoms with E-state index >= 15 is 0 Å².